The Bertz CT molecular complexity index is 1090. The number of aromatic amines is 1. The van der Waals surface area contributed by atoms with E-state index in [1.807, 2.05) is 32.8 Å². The van der Waals surface area contributed by atoms with Crippen molar-refractivity contribution in [3.8, 4) is 11.5 Å². The number of H-pyrrole nitrogens is 1. The first-order chi connectivity index (χ1) is 15.7. The van der Waals surface area contributed by atoms with Crippen molar-refractivity contribution < 1.29 is 14.3 Å². The van der Waals surface area contributed by atoms with Gasteiger partial charge in [-0.15, -0.1) is 0 Å². The monoisotopic (exact) mass is 459 g/mol. The second kappa shape index (κ2) is 10.8. The fourth-order valence-corrected chi connectivity index (χ4v) is 3.79. The summed E-state index contributed by atoms with van der Waals surface area (Å²) in [6.45, 7) is 7.71. The van der Waals surface area contributed by atoms with Crippen LogP contribution in [-0.4, -0.2) is 69.4 Å². The third kappa shape index (κ3) is 5.88. The van der Waals surface area contributed by atoms with Crippen molar-refractivity contribution in [1.29, 1.82) is 0 Å². The highest BCUT2D eigenvalue weighted by molar-refractivity contribution is 5.93. The lowest BCUT2D eigenvalue weighted by Crippen LogP contribution is -2.27. The number of aliphatic hydroxyl groups excluding tert-OH is 1. The van der Waals surface area contributed by atoms with Crippen molar-refractivity contribution in [1.82, 2.24) is 24.6 Å². The van der Waals surface area contributed by atoms with Gasteiger partial charge < -0.3 is 25.2 Å². The van der Waals surface area contributed by atoms with Crippen molar-refractivity contribution in [2.24, 2.45) is 0 Å². The molecule has 1 atom stereocenters. The molecule has 0 saturated carbocycles. The number of amides is 1. The summed E-state index contributed by atoms with van der Waals surface area (Å²) in [5.41, 5.74) is 2.46. The van der Waals surface area contributed by atoms with Crippen molar-refractivity contribution in [3.63, 3.8) is 0 Å². The highest BCUT2D eigenvalue weighted by Crippen LogP contribution is 2.31. The van der Waals surface area contributed by atoms with Crippen LogP contribution < -0.4 is 10.2 Å². The fourth-order valence-electron chi connectivity index (χ4n) is 3.79. The third-order valence-corrected chi connectivity index (χ3v) is 5.43. The summed E-state index contributed by atoms with van der Waals surface area (Å²) in [6.07, 6.45) is 2.99. The first kappa shape index (κ1) is 24.7. The molecule has 0 fully saturated rings. The maximum absolute atomic E-state index is 15.0. The molecule has 33 heavy (non-hydrogen) atoms. The summed E-state index contributed by atoms with van der Waals surface area (Å²) in [7, 11) is 4.04. The van der Waals surface area contributed by atoms with E-state index < -0.39 is 6.23 Å². The molecule has 1 aromatic carbocycles. The zero-order chi connectivity index (χ0) is 24.1. The van der Waals surface area contributed by atoms with Gasteiger partial charge in [0.05, 0.1) is 28.6 Å². The molecular formula is C23H34FN7O2. The normalized spacial score (nSPS) is 12.5. The number of benzene rings is 1. The number of imidazole rings is 1. The van der Waals surface area contributed by atoms with Crippen LogP contribution in [0.3, 0.4) is 0 Å². The van der Waals surface area contributed by atoms with Gasteiger partial charge in [-0.2, -0.15) is 5.10 Å². The van der Waals surface area contributed by atoms with Gasteiger partial charge in [0.15, 0.2) is 11.5 Å². The lowest BCUT2D eigenvalue weighted by atomic mass is 10.2. The van der Waals surface area contributed by atoms with Crippen molar-refractivity contribution >= 4 is 28.3 Å². The van der Waals surface area contributed by atoms with Crippen LogP contribution in [0.1, 0.15) is 46.3 Å². The van der Waals surface area contributed by atoms with E-state index in [4.69, 9.17) is 0 Å². The Morgan fingerprint density at radius 3 is 2.70 bits per heavy atom. The van der Waals surface area contributed by atoms with Gasteiger partial charge in [-0.25, -0.2) is 14.1 Å². The Labute approximate surface area is 193 Å². The lowest BCUT2D eigenvalue weighted by molar-refractivity contribution is -0.114. The lowest BCUT2D eigenvalue weighted by Gasteiger charge is -2.24. The quantitative estimate of drug-likeness (QED) is 0.405. The molecule has 9 nitrogen and oxygen atoms in total. The van der Waals surface area contributed by atoms with Crippen LogP contribution in [0.25, 0.3) is 22.6 Å². The highest BCUT2D eigenvalue weighted by Gasteiger charge is 2.20. The summed E-state index contributed by atoms with van der Waals surface area (Å²) in [4.78, 5) is 23.6. The summed E-state index contributed by atoms with van der Waals surface area (Å²) in [5.74, 6) is -0.194. The number of hydrogen-bond donors (Lipinski definition) is 3. The summed E-state index contributed by atoms with van der Waals surface area (Å²) in [6, 6.07) is 3.18. The van der Waals surface area contributed by atoms with E-state index in [1.54, 1.807) is 12.3 Å². The predicted octanol–water partition coefficient (Wildman–Crippen LogP) is 3.59. The van der Waals surface area contributed by atoms with Gasteiger partial charge in [0.1, 0.15) is 12.0 Å². The zero-order valence-corrected chi connectivity index (χ0v) is 20.0. The van der Waals surface area contributed by atoms with E-state index >= 15 is 0 Å². The van der Waals surface area contributed by atoms with E-state index in [1.165, 1.54) is 17.7 Å². The molecular weight excluding hydrogens is 425 g/mol. The SMILES string of the molecule is CCCC(O)n1cc(NC(C)=O)c(-c2nc3cc(N(CC)CCCN(C)C)c(F)cc3[nH]2)n1. The number of anilines is 2. The van der Waals surface area contributed by atoms with Gasteiger partial charge in [-0.1, -0.05) is 13.3 Å². The Hall–Kier alpha value is -2.98. The largest absolute Gasteiger partial charge is 0.372 e. The predicted molar refractivity (Wildman–Crippen MR) is 129 cm³/mol. The zero-order valence-electron chi connectivity index (χ0n) is 20.0. The third-order valence-electron chi connectivity index (χ3n) is 5.43. The first-order valence-electron chi connectivity index (χ1n) is 11.4. The van der Waals surface area contributed by atoms with Crippen LogP contribution >= 0.6 is 0 Å². The molecule has 0 radical (unpaired) electrons. The van der Waals surface area contributed by atoms with E-state index in [-0.39, 0.29) is 11.7 Å². The molecule has 0 spiro atoms. The number of aromatic nitrogens is 4. The maximum Gasteiger partial charge on any atom is 0.221 e. The van der Waals surface area contributed by atoms with Crippen LogP contribution in [0.5, 0.6) is 0 Å². The Morgan fingerprint density at radius 1 is 1.30 bits per heavy atom. The molecule has 3 N–H and O–H groups in total. The molecule has 3 aromatic rings. The average molecular weight is 460 g/mol. The molecule has 180 valence electrons. The summed E-state index contributed by atoms with van der Waals surface area (Å²) in [5, 5.41) is 17.5. The van der Waals surface area contributed by atoms with Gasteiger partial charge in [0, 0.05) is 26.1 Å². The van der Waals surface area contributed by atoms with Gasteiger partial charge in [0.25, 0.3) is 0 Å². The highest BCUT2D eigenvalue weighted by atomic mass is 19.1. The molecule has 0 bridgehead atoms. The van der Waals surface area contributed by atoms with Gasteiger partial charge in [0.2, 0.25) is 5.91 Å². The minimum Gasteiger partial charge on any atom is -0.372 e. The van der Waals surface area contributed by atoms with E-state index in [0.29, 0.717) is 46.9 Å². The first-order valence-corrected chi connectivity index (χ1v) is 11.4. The fraction of sp³-hybridized carbons (Fsp3) is 0.522. The number of hydrogen-bond acceptors (Lipinski definition) is 6. The van der Waals surface area contributed by atoms with Crippen LogP contribution in [-0.2, 0) is 4.79 Å². The number of halogens is 1. The molecule has 3 rings (SSSR count). The van der Waals surface area contributed by atoms with E-state index in [2.05, 4.69) is 25.3 Å². The number of rotatable bonds is 11. The molecule has 10 heteroatoms. The van der Waals surface area contributed by atoms with Gasteiger partial charge in [-0.05, 0) is 46.5 Å². The number of nitrogens with one attached hydrogen (secondary N) is 2. The van der Waals surface area contributed by atoms with Crippen molar-refractivity contribution in [3.05, 3.63) is 24.1 Å². The average Bonchev–Trinajstić information content (AvgIpc) is 3.34. The molecule has 1 amide bonds. The van der Waals surface area contributed by atoms with Gasteiger partial charge >= 0.3 is 0 Å². The molecule has 1 unspecified atom stereocenters. The second-order valence-corrected chi connectivity index (χ2v) is 8.46. The topological polar surface area (TPSA) is 102 Å². The van der Waals surface area contributed by atoms with Crippen LogP contribution in [0, 0.1) is 5.82 Å². The van der Waals surface area contributed by atoms with E-state index in [9.17, 15) is 14.3 Å². The number of nitrogens with zero attached hydrogens (tertiary/aromatic N) is 5. The number of carbonyl (C=O) groups is 1. The standard InChI is InChI=1S/C23H34FN7O2/c1-6-9-21(33)31-14-19(25-15(3)32)22(28-31)23-26-17-12-16(24)20(13-18(17)27-23)30(7-2)11-8-10-29(4)5/h12-14,21,33H,6-11H2,1-5H3,(H,25,32)(H,26,27). The molecule has 0 saturated heterocycles. The summed E-state index contributed by atoms with van der Waals surface area (Å²) < 4.78 is 16.4. The van der Waals surface area contributed by atoms with Crippen molar-refractivity contribution in [2.75, 3.05) is 43.9 Å². The van der Waals surface area contributed by atoms with Crippen LogP contribution in [0.2, 0.25) is 0 Å². The Balaban J connectivity index is 1.97. The van der Waals surface area contributed by atoms with Gasteiger partial charge in [-0.3, -0.25) is 4.79 Å². The molecule has 2 aromatic heterocycles. The summed E-state index contributed by atoms with van der Waals surface area (Å²) >= 11 is 0. The van der Waals surface area contributed by atoms with Crippen LogP contribution in [0.15, 0.2) is 18.3 Å². The maximum atomic E-state index is 15.0. The number of aliphatic hydroxyl groups is 1. The Kier molecular flexibility index (Phi) is 8.04. The molecule has 2 heterocycles. The minimum absolute atomic E-state index is 0.262. The second-order valence-electron chi connectivity index (χ2n) is 8.46. The number of fused-ring (bicyclic) bond motifs is 1. The van der Waals surface area contributed by atoms with E-state index in [0.717, 1.165) is 25.9 Å². The van der Waals surface area contributed by atoms with Crippen LogP contribution in [0.4, 0.5) is 15.8 Å². The minimum atomic E-state index is -0.815. The Morgan fingerprint density at radius 2 is 2.06 bits per heavy atom. The molecule has 0 aliphatic carbocycles. The molecule has 0 aliphatic rings. The van der Waals surface area contributed by atoms with Crippen molar-refractivity contribution in [2.45, 2.75) is 46.3 Å². The number of carbonyl (C=O) groups excluding carboxylic acids is 1. The molecule has 0 aliphatic heterocycles. The smallest absolute Gasteiger partial charge is 0.221 e.